The Morgan fingerprint density at radius 1 is 1.21 bits per heavy atom. The summed E-state index contributed by atoms with van der Waals surface area (Å²) in [6.07, 6.45) is 0. The first kappa shape index (κ1) is 13.9. The smallest absolute Gasteiger partial charge is 0.145 e. The van der Waals surface area contributed by atoms with E-state index in [1.807, 2.05) is 35.3 Å². The van der Waals surface area contributed by atoms with Gasteiger partial charge in [-0.2, -0.15) is 23.5 Å². The molecule has 0 amide bonds. The molecule has 1 N–H and O–H groups in total. The Bertz CT molecular complexity index is 467. The Labute approximate surface area is 127 Å². The highest BCUT2D eigenvalue weighted by Gasteiger charge is 2.29. The van der Waals surface area contributed by atoms with E-state index in [9.17, 15) is 0 Å². The van der Waals surface area contributed by atoms with Crippen molar-refractivity contribution in [2.45, 2.75) is 35.9 Å². The van der Waals surface area contributed by atoms with Crippen LogP contribution in [0, 0.1) is 0 Å². The van der Waals surface area contributed by atoms with Crippen molar-refractivity contribution in [1.82, 2.24) is 9.97 Å². The van der Waals surface area contributed by atoms with E-state index in [4.69, 9.17) is 9.97 Å². The van der Waals surface area contributed by atoms with Crippen molar-refractivity contribution in [3.05, 3.63) is 17.1 Å². The number of anilines is 1. The minimum Gasteiger partial charge on any atom is -0.370 e. The minimum absolute atomic E-state index is 0.451. The molecule has 1 fully saturated rings. The van der Waals surface area contributed by atoms with Crippen LogP contribution in [0.25, 0.3) is 0 Å². The molecule has 2 unspecified atom stereocenters. The highest BCUT2D eigenvalue weighted by molar-refractivity contribution is 8.06. The molecule has 3 heterocycles. The van der Waals surface area contributed by atoms with Gasteiger partial charge in [-0.25, -0.2) is 9.97 Å². The molecular formula is C13H19N3S3. The van der Waals surface area contributed by atoms with Gasteiger partial charge in [0.05, 0.1) is 10.9 Å². The van der Waals surface area contributed by atoms with E-state index in [1.165, 1.54) is 22.8 Å². The van der Waals surface area contributed by atoms with Crippen molar-refractivity contribution in [2.24, 2.45) is 0 Å². The second-order valence-corrected chi connectivity index (χ2v) is 8.47. The first-order valence-corrected chi connectivity index (χ1v) is 9.99. The third-order valence-electron chi connectivity index (χ3n) is 3.38. The van der Waals surface area contributed by atoms with Crippen LogP contribution in [-0.2, 0) is 11.5 Å². The number of nitrogens with one attached hydrogen (secondary N) is 1. The molecule has 1 saturated heterocycles. The quantitative estimate of drug-likeness (QED) is 0.919. The predicted octanol–water partition coefficient (Wildman–Crippen LogP) is 3.56. The van der Waals surface area contributed by atoms with Crippen LogP contribution in [0.3, 0.4) is 0 Å². The summed E-state index contributed by atoms with van der Waals surface area (Å²) in [4.78, 5) is 9.70. The molecule has 2 aliphatic rings. The van der Waals surface area contributed by atoms with Gasteiger partial charge in [0.15, 0.2) is 0 Å². The average molecular weight is 314 g/mol. The van der Waals surface area contributed by atoms with Crippen LogP contribution < -0.4 is 5.32 Å². The maximum Gasteiger partial charge on any atom is 0.145 e. The van der Waals surface area contributed by atoms with Gasteiger partial charge in [0.1, 0.15) is 11.6 Å². The van der Waals surface area contributed by atoms with Crippen LogP contribution in [0.1, 0.15) is 36.2 Å². The van der Waals surface area contributed by atoms with E-state index in [-0.39, 0.29) is 0 Å². The number of nitrogens with zero attached hydrogens (tertiary/aromatic N) is 2. The number of fused-ring (bicyclic) bond motifs is 1. The second-order valence-electron chi connectivity index (χ2n) is 4.75. The summed E-state index contributed by atoms with van der Waals surface area (Å²) >= 11 is 6.01. The summed E-state index contributed by atoms with van der Waals surface area (Å²) in [7, 11) is 0. The lowest BCUT2D eigenvalue weighted by atomic mass is 10.2. The summed E-state index contributed by atoms with van der Waals surface area (Å²) in [5.41, 5.74) is 2.59. The van der Waals surface area contributed by atoms with Gasteiger partial charge in [-0.15, -0.1) is 11.8 Å². The lowest BCUT2D eigenvalue weighted by molar-refractivity contribution is 0.810. The zero-order chi connectivity index (χ0) is 13.2. The van der Waals surface area contributed by atoms with Gasteiger partial charge in [0.2, 0.25) is 0 Å². The van der Waals surface area contributed by atoms with Gasteiger partial charge in [0.25, 0.3) is 0 Å². The first-order valence-electron chi connectivity index (χ1n) is 6.74. The highest BCUT2D eigenvalue weighted by Crippen LogP contribution is 2.42. The van der Waals surface area contributed by atoms with Crippen molar-refractivity contribution >= 4 is 41.1 Å². The van der Waals surface area contributed by atoms with Crippen molar-refractivity contribution in [3.63, 3.8) is 0 Å². The zero-order valence-electron chi connectivity index (χ0n) is 11.3. The van der Waals surface area contributed by atoms with Crippen LogP contribution in [0.5, 0.6) is 0 Å². The summed E-state index contributed by atoms with van der Waals surface area (Å²) in [5.74, 6) is 6.69. The molecule has 0 spiro atoms. The second kappa shape index (κ2) is 6.14. The average Bonchev–Trinajstić information content (AvgIpc) is 2.88. The molecule has 0 radical (unpaired) electrons. The predicted molar refractivity (Wildman–Crippen MR) is 88.3 cm³/mol. The molecule has 3 rings (SSSR count). The molecule has 0 saturated carbocycles. The van der Waals surface area contributed by atoms with E-state index >= 15 is 0 Å². The molecule has 1 aromatic heterocycles. The van der Waals surface area contributed by atoms with E-state index < -0.39 is 0 Å². The molecule has 0 aliphatic carbocycles. The number of hydrogen-bond donors (Lipinski definition) is 1. The molecule has 19 heavy (non-hydrogen) atoms. The third-order valence-corrected chi connectivity index (χ3v) is 7.44. The van der Waals surface area contributed by atoms with Crippen molar-refractivity contribution < 1.29 is 0 Å². The largest absolute Gasteiger partial charge is 0.370 e. The van der Waals surface area contributed by atoms with E-state index in [1.54, 1.807) is 0 Å². The van der Waals surface area contributed by atoms with Gasteiger partial charge in [0, 0.05) is 40.4 Å². The number of rotatable bonds is 3. The molecule has 3 nitrogen and oxygen atoms in total. The van der Waals surface area contributed by atoms with Crippen molar-refractivity contribution in [2.75, 3.05) is 23.4 Å². The first-order chi connectivity index (χ1) is 9.29. The maximum atomic E-state index is 4.86. The Morgan fingerprint density at radius 2 is 2.05 bits per heavy atom. The van der Waals surface area contributed by atoms with Crippen LogP contribution in [0.15, 0.2) is 0 Å². The van der Waals surface area contributed by atoms with Crippen LogP contribution >= 0.6 is 35.3 Å². The molecule has 2 atom stereocenters. The molecular weight excluding hydrogens is 294 g/mol. The SMILES string of the molecule is CCNc1nc(C2SCCSC2C)nc2c1CSC2. The number of aromatic nitrogens is 2. The van der Waals surface area contributed by atoms with E-state index in [0.29, 0.717) is 10.5 Å². The molecule has 2 aliphatic heterocycles. The minimum atomic E-state index is 0.451. The molecule has 104 valence electrons. The van der Waals surface area contributed by atoms with Crippen molar-refractivity contribution in [1.29, 1.82) is 0 Å². The standard InChI is InChI=1S/C13H19N3S3/c1-3-14-12-9-6-17-7-10(9)15-13(16-12)11-8(2)18-4-5-19-11/h8,11H,3-7H2,1-2H3,(H,14,15,16). The molecule has 0 bridgehead atoms. The monoisotopic (exact) mass is 313 g/mol. The van der Waals surface area contributed by atoms with Gasteiger partial charge < -0.3 is 5.32 Å². The fourth-order valence-corrected chi connectivity index (χ4v) is 6.16. The highest BCUT2D eigenvalue weighted by atomic mass is 32.2. The van der Waals surface area contributed by atoms with Gasteiger partial charge in [-0.3, -0.25) is 0 Å². The Balaban J connectivity index is 1.95. The van der Waals surface area contributed by atoms with E-state index in [0.717, 1.165) is 29.7 Å². The van der Waals surface area contributed by atoms with E-state index in [2.05, 4.69) is 19.2 Å². The fourth-order valence-electron chi connectivity index (χ4n) is 2.43. The Morgan fingerprint density at radius 3 is 2.84 bits per heavy atom. The lowest BCUT2D eigenvalue weighted by Gasteiger charge is -2.27. The van der Waals surface area contributed by atoms with Gasteiger partial charge in [-0.05, 0) is 6.92 Å². The summed E-state index contributed by atoms with van der Waals surface area (Å²) in [6, 6.07) is 0. The topological polar surface area (TPSA) is 37.8 Å². The normalized spacial score (nSPS) is 26.2. The van der Waals surface area contributed by atoms with Gasteiger partial charge >= 0.3 is 0 Å². The van der Waals surface area contributed by atoms with Crippen LogP contribution in [0.4, 0.5) is 5.82 Å². The Hall–Kier alpha value is -0.0700. The summed E-state index contributed by atoms with van der Waals surface area (Å²) in [6.45, 7) is 5.36. The van der Waals surface area contributed by atoms with Gasteiger partial charge in [-0.1, -0.05) is 6.92 Å². The molecule has 6 heteroatoms. The molecule has 1 aromatic rings. The number of thioether (sulfide) groups is 3. The lowest BCUT2D eigenvalue weighted by Crippen LogP contribution is -2.20. The number of hydrogen-bond acceptors (Lipinski definition) is 6. The third kappa shape index (κ3) is 2.85. The van der Waals surface area contributed by atoms with Crippen molar-refractivity contribution in [3.8, 4) is 0 Å². The van der Waals surface area contributed by atoms with Crippen LogP contribution in [-0.4, -0.2) is 33.3 Å². The molecule has 0 aromatic carbocycles. The van der Waals surface area contributed by atoms with Crippen LogP contribution in [0.2, 0.25) is 0 Å². The zero-order valence-corrected chi connectivity index (χ0v) is 13.8. The maximum absolute atomic E-state index is 4.86. The fraction of sp³-hybridized carbons (Fsp3) is 0.692. The summed E-state index contributed by atoms with van der Waals surface area (Å²) < 4.78 is 0. The summed E-state index contributed by atoms with van der Waals surface area (Å²) in [5, 5.41) is 4.48. The Kier molecular flexibility index (Phi) is 4.49.